The molecule has 13 heavy (non-hydrogen) atoms. The van der Waals surface area contributed by atoms with E-state index in [2.05, 4.69) is 4.72 Å². The van der Waals surface area contributed by atoms with Gasteiger partial charge < -0.3 is 10.5 Å². The SMILES string of the molecule is CC.CSNc1cc(C)ccc1N. The molecule has 0 aliphatic heterocycles. The van der Waals surface area contributed by atoms with Gasteiger partial charge in [0.25, 0.3) is 0 Å². The van der Waals surface area contributed by atoms with Crippen LogP contribution in [0.2, 0.25) is 0 Å². The van der Waals surface area contributed by atoms with Crippen molar-refractivity contribution in [3.8, 4) is 0 Å². The van der Waals surface area contributed by atoms with Gasteiger partial charge in [0.15, 0.2) is 0 Å². The van der Waals surface area contributed by atoms with E-state index in [4.69, 9.17) is 5.73 Å². The molecule has 0 radical (unpaired) electrons. The molecule has 0 amide bonds. The number of hydrogen-bond donors (Lipinski definition) is 2. The fourth-order valence-corrected chi connectivity index (χ4v) is 1.27. The summed E-state index contributed by atoms with van der Waals surface area (Å²) in [5.41, 5.74) is 8.71. The average molecular weight is 198 g/mol. The minimum atomic E-state index is 0.796. The van der Waals surface area contributed by atoms with Crippen molar-refractivity contribution in [2.75, 3.05) is 16.7 Å². The lowest BCUT2D eigenvalue weighted by molar-refractivity contribution is 1.47. The van der Waals surface area contributed by atoms with Gasteiger partial charge in [-0.3, -0.25) is 0 Å². The molecule has 0 aromatic heterocycles. The van der Waals surface area contributed by atoms with Gasteiger partial charge in [0.2, 0.25) is 0 Å². The van der Waals surface area contributed by atoms with Gasteiger partial charge in [-0.15, -0.1) is 0 Å². The Balaban J connectivity index is 0.000000671. The van der Waals surface area contributed by atoms with Crippen molar-refractivity contribution < 1.29 is 0 Å². The summed E-state index contributed by atoms with van der Waals surface area (Å²) >= 11 is 1.55. The first-order valence-electron chi connectivity index (χ1n) is 4.39. The van der Waals surface area contributed by atoms with Crippen LogP contribution >= 0.6 is 11.9 Å². The summed E-state index contributed by atoms with van der Waals surface area (Å²) in [6, 6.07) is 5.94. The summed E-state index contributed by atoms with van der Waals surface area (Å²) in [4.78, 5) is 0. The van der Waals surface area contributed by atoms with E-state index in [1.165, 1.54) is 5.56 Å². The standard InChI is InChI=1S/C8H12N2S.C2H6/c1-6-3-4-7(9)8(5-6)10-11-2;1-2/h3-5,10H,9H2,1-2H3;1-2H3. The van der Waals surface area contributed by atoms with E-state index in [-0.39, 0.29) is 0 Å². The Morgan fingerprint density at radius 1 is 1.31 bits per heavy atom. The first kappa shape index (κ1) is 12.2. The molecule has 0 heterocycles. The van der Waals surface area contributed by atoms with Crippen LogP contribution in [0.15, 0.2) is 18.2 Å². The maximum Gasteiger partial charge on any atom is 0.0675 e. The van der Waals surface area contributed by atoms with Crippen LogP contribution in [0.4, 0.5) is 11.4 Å². The van der Waals surface area contributed by atoms with Crippen LogP contribution in [-0.4, -0.2) is 6.26 Å². The topological polar surface area (TPSA) is 38.0 Å². The molecule has 0 saturated heterocycles. The van der Waals surface area contributed by atoms with Gasteiger partial charge >= 0.3 is 0 Å². The molecule has 1 aromatic rings. The zero-order valence-electron chi connectivity index (χ0n) is 8.72. The molecule has 0 saturated carbocycles. The van der Waals surface area contributed by atoms with Crippen LogP contribution in [0.5, 0.6) is 0 Å². The van der Waals surface area contributed by atoms with Gasteiger partial charge in [-0.1, -0.05) is 31.9 Å². The smallest absolute Gasteiger partial charge is 0.0675 e. The molecule has 1 rings (SSSR count). The zero-order valence-corrected chi connectivity index (χ0v) is 9.53. The van der Waals surface area contributed by atoms with E-state index < -0.39 is 0 Å². The average Bonchev–Trinajstić information content (AvgIpc) is 2.15. The Kier molecular flexibility index (Phi) is 6.24. The first-order chi connectivity index (χ1) is 6.24. The van der Waals surface area contributed by atoms with Crippen LogP contribution in [-0.2, 0) is 0 Å². The third-order valence-corrected chi connectivity index (χ3v) is 1.84. The maximum atomic E-state index is 5.70. The molecular weight excluding hydrogens is 180 g/mol. The highest BCUT2D eigenvalue weighted by atomic mass is 32.2. The monoisotopic (exact) mass is 198 g/mol. The zero-order chi connectivity index (χ0) is 10.3. The van der Waals surface area contributed by atoms with E-state index in [0.717, 1.165) is 11.4 Å². The highest BCUT2D eigenvalue weighted by Gasteiger charge is 1.95. The van der Waals surface area contributed by atoms with E-state index in [9.17, 15) is 0 Å². The Labute approximate surface area is 85.0 Å². The number of anilines is 2. The lowest BCUT2D eigenvalue weighted by atomic mass is 10.2. The molecule has 3 heteroatoms. The van der Waals surface area contributed by atoms with Gasteiger partial charge in [0.1, 0.15) is 0 Å². The van der Waals surface area contributed by atoms with Crippen molar-refractivity contribution >= 4 is 23.3 Å². The quantitative estimate of drug-likeness (QED) is 0.565. The van der Waals surface area contributed by atoms with Gasteiger partial charge in [-0.25, -0.2) is 0 Å². The minimum Gasteiger partial charge on any atom is -0.397 e. The predicted molar refractivity (Wildman–Crippen MR) is 64.1 cm³/mol. The number of nitrogen functional groups attached to an aromatic ring is 1. The summed E-state index contributed by atoms with van der Waals surface area (Å²) in [6.07, 6.45) is 1.97. The Bertz CT molecular complexity index is 249. The third-order valence-electron chi connectivity index (χ3n) is 1.42. The van der Waals surface area contributed by atoms with Crippen molar-refractivity contribution in [1.29, 1.82) is 0 Å². The van der Waals surface area contributed by atoms with Crippen molar-refractivity contribution in [3.63, 3.8) is 0 Å². The van der Waals surface area contributed by atoms with Crippen LogP contribution < -0.4 is 10.5 Å². The van der Waals surface area contributed by atoms with Crippen LogP contribution in [0.3, 0.4) is 0 Å². The highest BCUT2D eigenvalue weighted by molar-refractivity contribution is 7.99. The lowest BCUT2D eigenvalue weighted by Gasteiger charge is -2.06. The van der Waals surface area contributed by atoms with Crippen molar-refractivity contribution in [3.05, 3.63) is 23.8 Å². The highest BCUT2D eigenvalue weighted by Crippen LogP contribution is 2.21. The summed E-state index contributed by atoms with van der Waals surface area (Å²) in [5, 5.41) is 0. The molecular formula is C10H18N2S. The van der Waals surface area contributed by atoms with Crippen molar-refractivity contribution in [2.24, 2.45) is 0 Å². The first-order valence-corrected chi connectivity index (χ1v) is 5.61. The fraction of sp³-hybridized carbons (Fsp3) is 0.400. The predicted octanol–water partition coefficient (Wildman–Crippen LogP) is 3.29. The minimum absolute atomic E-state index is 0.796. The molecule has 74 valence electrons. The van der Waals surface area contributed by atoms with Gasteiger partial charge in [0, 0.05) is 6.26 Å². The molecule has 0 fully saturated rings. The second-order valence-electron chi connectivity index (χ2n) is 2.40. The summed E-state index contributed by atoms with van der Waals surface area (Å²) in [5.74, 6) is 0. The summed E-state index contributed by atoms with van der Waals surface area (Å²) in [6.45, 7) is 6.05. The Hall–Kier alpha value is -0.830. The molecule has 1 aromatic carbocycles. The van der Waals surface area contributed by atoms with Gasteiger partial charge in [0.05, 0.1) is 11.4 Å². The Morgan fingerprint density at radius 3 is 2.46 bits per heavy atom. The normalized spacial score (nSPS) is 8.62. The number of nitrogens with one attached hydrogen (secondary N) is 1. The fourth-order valence-electron chi connectivity index (χ4n) is 0.868. The molecule has 0 aliphatic rings. The number of aryl methyl sites for hydroxylation is 1. The maximum absolute atomic E-state index is 5.70. The summed E-state index contributed by atoms with van der Waals surface area (Å²) in [7, 11) is 0. The molecule has 2 nitrogen and oxygen atoms in total. The summed E-state index contributed by atoms with van der Waals surface area (Å²) < 4.78 is 3.11. The largest absolute Gasteiger partial charge is 0.397 e. The number of nitrogens with two attached hydrogens (primary N) is 1. The lowest BCUT2D eigenvalue weighted by Crippen LogP contribution is -1.93. The number of rotatable bonds is 2. The van der Waals surface area contributed by atoms with E-state index in [1.54, 1.807) is 11.9 Å². The number of hydrogen-bond acceptors (Lipinski definition) is 3. The Morgan fingerprint density at radius 2 is 1.92 bits per heavy atom. The van der Waals surface area contributed by atoms with Crippen LogP contribution in [0.1, 0.15) is 19.4 Å². The molecule has 0 aliphatic carbocycles. The molecule has 0 spiro atoms. The molecule has 0 bridgehead atoms. The van der Waals surface area contributed by atoms with Crippen LogP contribution in [0, 0.1) is 6.92 Å². The van der Waals surface area contributed by atoms with Crippen molar-refractivity contribution in [1.82, 2.24) is 0 Å². The van der Waals surface area contributed by atoms with Gasteiger partial charge in [-0.2, -0.15) is 0 Å². The second-order valence-corrected chi connectivity index (χ2v) is 3.01. The van der Waals surface area contributed by atoms with E-state index in [1.807, 2.05) is 45.2 Å². The van der Waals surface area contributed by atoms with Crippen molar-refractivity contribution in [2.45, 2.75) is 20.8 Å². The third kappa shape index (κ3) is 4.08. The van der Waals surface area contributed by atoms with E-state index >= 15 is 0 Å². The molecule has 3 N–H and O–H groups in total. The van der Waals surface area contributed by atoms with Gasteiger partial charge in [-0.05, 0) is 24.6 Å². The molecule has 0 atom stereocenters. The number of benzene rings is 1. The second kappa shape index (κ2) is 6.66. The van der Waals surface area contributed by atoms with Crippen LogP contribution in [0.25, 0.3) is 0 Å². The molecule has 0 unspecified atom stereocenters. The van der Waals surface area contributed by atoms with E-state index in [0.29, 0.717) is 0 Å².